The van der Waals surface area contributed by atoms with E-state index in [2.05, 4.69) is 26.2 Å². The number of benzene rings is 2. The molecule has 1 aliphatic rings. The summed E-state index contributed by atoms with van der Waals surface area (Å²) in [7, 11) is 0. The zero-order valence-electron chi connectivity index (χ0n) is 12.1. The van der Waals surface area contributed by atoms with E-state index in [1.54, 1.807) is 0 Å². The molecular weight excluding hydrogens is 364 g/mol. The second-order valence-electron chi connectivity index (χ2n) is 5.00. The molecular formula is C17H16BrClN2O. The molecule has 0 aromatic heterocycles. The molecule has 0 aliphatic carbocycles. The molecule has 3 rings (SSSR count). The van der Waals surface area contributed by atoms with Gasteiger partial charge in [0.25, 0.3) is 0 Å². The highest BCUT2D eigenvalue weighted by Crippen LogP contribution is 2.21. The van der Waals surface area contributed by atoms with Crippen LogP contribution in [0.4, 0.5) is 0 Å². The van der Waals surface area contributed by atoms with E-state index < -0.39 is 0 Å². The van der Waals surface area contributed by atoms with Gasteiger partial charge in [0.1, 0.15) is 5.84 Å². The molecule has 0 atom stereocenters. The zero-order valence-corrected chi connectivity index (χ0v) is 14.5. The minimum Gasteiger partial charge on any atom is -0.368 e. The number of aliphatic imine (C=N–C) groups is 1. The third-order valence-electron chi connectivity index (χ3n) is 3.53. The Kier molecular flexibility index (Phi) is 5.37. The van der Waals surface area contributed by atoms with Gasteiger partial charge in [0.15, 0.2) is 5.78 Å². The number of hydrogen-bond acceptors (Lipinski definition) is 3. The van der Waals surface area contributed by atoms with Crippen molar-refractivity contribution in [3.05, 3.63) is 69.2 Å². The minimum absolute atomic E-state index is 0. The monoisotopic (exact) mass is 378 g/mol. The maximum Gasteiger partial charge on any atom is 0.193 e. The van der Waals surface area contributed by atoms with Gasteiger partial charge >= 0.3 is 0 Å². The molecule has 0 radical (unpaired) electrons. The van der Waals surface area contributed by atoms with Gasteiger partial charge in [-0.25, -0.2) is 0 Å². The van der Waals surface area contributed by atoms with Crippen molar-refractivity contribution in [3.8, 4) is 0 Å². The number of aryl methyl sites for hydroxylation is 1. The SMILES string of the molecule is Cc1ccc(C(=O)c2ccccc2C2=NCCN2)cc1Br.Cl. The number of halogens is 2. The summed E-state index contributed by atoms with van der Waals surface area (Å²) in [4.78, 5) is 17.2. The maximum atomic E-state index is 12.8. The topological polar surface area (TPSA) is 41.5 Å². The quantitative estimate of drug-likeness (QED) is 0.825. The molecule has 0 spiro atoms. The zero-order chi connectivity index (χ0) is 14.8. The summed E-state index contributed by atoms with van der Waals surface area (Å²) in [6.07, 6.45) is 0. The highest BCUT2D eigenvalue weighted by molar-refractivity contribution is 9.10. The Morgan fingerprint density at radius 1 is 1.23 bits per heavy atom. The van der Waals surface area contributed by atoms with Crippen molar-refractivity contribution in [2.75, 3.05) is 13.1 Å². The summed E-state index contributed by atoms with van der Waals surface area (Å²) in [5.41, 5.74) is 3.35. The summed E-state index contributed by atoms with van der Waals surface area (Å²) in [6, 6.07) is 13.3. The molecule has 0 unspecified atom stereocenters. The van der Waals surface area contributed by atoms with Gasteiger partial charge in [0.05, 0.1) is 6.54 Å². The maximum absolute atomic E-state index is 12.8. The van der Waals surface area contributed by atoms with E-state index in [-0.39, 0.29) is 18.2 Å². The normalized spacial score (nSPS) is 13.1. The highest BCUT2D eigenvalue weighted by atomic mass is 79.9. The minimum atomic E-state index is 0. The Hall–Kier alpha value is -1.65. The average molecular weight is 380 g/mol. The molecule has 1 aliphatic heterocycles. The van der Waals surface area contributed by atoms with Gasteiger partial charge in [-0.05, 0) is 18.6 Å². The van der Waals surface area contributed by atoms with E-state index in [0.717, 1.165) is 34.5 Å². The third-order valence-corrected chi connectivity index (χ3v) is 4.39. The van der Waals surface area contributed by atoms with Crippen LogP contribution < -0.4 is 5.32 Å². The average Bonchev–Trinajstić information content (AvgIpc) is 3.03. The molecule has 0 fully saturated rings. The van der Waals surface area contributed by atoms with Crippen LogP contribution >= 0.6 is 28.3 Å². The first-order chi connectivity index (χ1) is 10.2. The molecule has 0 saturated carbocycles. The Morgan fingerprint density at radius 2 is 2.00 bits per heavy atom. The molecule has 0 bridgehead atoms. The van der Waals surface area contributed by atoms with E-state index in [1.807, 2.05) is 49.4 Å². The van der Waals surface area contributed by atoms with Crippen LogP contribution in [0.2, 0.25) is 0 Å². The van der Waals surface area contributed by atoms with E-state index in [0.29, 0.717) is 11.1 Å². The third kappa shape index (κ3) is 3.23. The van der Waals surface area contributed by atoms with E-state index >= 15 is 0 Å². The Balaban J connectivity index is 0.00000176. The summed E-state index contributed by atoms with van der Waals surface area (Å²) in [5, 5.41) is 3.23. The van der Waals surface area contributed by atoms with Crippen LogP contribution in [0, 0.1) is 6.92 Å². The number of nitrogens with one attached hydrogen (secondary N) is 1. The lowest BCUT2D eigenvalue weighted by molar-refractivity contribution is 0.103. The number of ketones is 1. The van der Waals surface area contributed by atoms with Gasteiger partial charge in [-0.3, -0.25) is 9.79 Å². The van der Waals surface area contributed by atoms with Crippen LogP contribution in [-0.2, 0) is 0 Å². The van der Waals surface area contributed by atoms with Gasteiger partial charge in [-0.2, -0.15) is 0 Å². The lowest BCUT2D eigenvalue weighted by Crippen LogP contribution is -2.22. The van der Waals surface area contributed by atoms with E-state index in [4.69, 9.17) is 0 Å². The van der Waals surface area contributed by atoms with Crippen LogP contribution in [0.25, 0.3) is 0 Å². The molecule has 2 aromatic rings. The summed E-state index contributed by atoms with van der Waals surface area (Å²) in [5.74, 6) is 0.827. The summed E-state index contributed by atoms with van der Waals surface area (Å²) >= 11 is 3.48. The number of hydrogen-bond donors (Lipinski definition) is 1. The van der Waals surface area contributed by atoms with Crippen molar-refractivity contribution >= 4 is 40.0 Å². The van der Waals surface area contributed by atoms with Crippen molar-refractivity contribution in [2.45, 2.75) is 6.92 Å². The molecule has 22 heavy (non-hydrogen) atoms. The second kappa shape index (κ2) is 7.07. The first kappa shape index (κ1) is 16.7. The van der Waals surface area contributed by atoms with Gasteiger partial charge in [-0.1, -0.05) is 52.3 Å². The smallest absolute Gasteiger partial charge is 0.193 e. The standard InChI is InChI=1S/C17H15BrN2O.ClH/c1-11-6-7-12(10-15(11)18)16(21)13-4-2-3-5-14(13)17-19-8-9-20-17;/h2-7,10H,8-9H2,1H3,(H,19,20);1H. The molecule has 1 heterocycles. The number of carbonyl (C=O) groups excluding carboxylic acids is 1. The van der Waals surface area contributed by atoms with Crippen molar-refractivity contribution in [1.82, 2.24) is 5.32 Å². The molecule has 114 valence electrons. The second-order valence-corrected chi connectivity index (χ2v) is 5.85. The fourth-order valence-electron chi connectivity index (χ4n) is 2.36. The van der Waals surface area contributed by atoms with Gasteiger partial charge in [0.2, 0.25) is 0 Å². The van der Waals surface area contributed by atoms with Crippen LogP contribution in [0.5, 0.6) is 0 Å². The Bertz CT molecular complexity index is 743. The lowest BCUT2D eigenvalue weighted by atomic mass is 9.97. The molecule has 1 N–H and O–H groups in total. The van der Waals surface area contributed by atoms with Crippen LogP contribution in [0.1, 0.15) is 27.0 Å². The fourth-order valence-corrected chi connectivity index (χ4v) is 2.73. The Morgan fingerprint density at radius 3 is 2.68 bits per heavy atom. The summed E-state index contributed by atoms with van der Waals surface area (Å²) in [6.45, 7) is 3.59. The van der Waals surface area contributed by atoms with Crippen molar-refractivity contribution in [1.29, 1.82) is 0 Å². The van der Waals surface area contributed by atoms with E-state index in [9.17, 15) is 4.79 Å². The van der Waals surface area contributed by atoms with Crippen LogP contribution in [0.15, 0.2) is 51.9 Å². The molecule has 2 aromatic carbocycles. The number of nitrogens with zero attached hydrogens (tertiary/aromatic N) is 1. The van der Waals surface area contributed by atoms with Crippen molar-refractivity contribution in [3.63, 3.8) is 0 Å². The number of amidine groups is 1. The molecule has 5 heteroatoms. The van der Waals surface area contributed by atoms with Crippen molar-refractivity contribution in [2.24, 2.45) is 4.99 Å². The molecule has 0 saturated heterocycles. The first-order valence-corrected chi connectivity index (χ1v) is 7.64. The van der Waals surface area contributed by atoms with E-state index in [1.165, 1.54) is 0 Å². The summed E-state index contributed by atoms with van der Waals surface area (Å²) < 4.78 is 0.946. The van der Waals surface area contributed by atoms with Gasteiger partial charge in [0, 0.05) is 27.7 Å². The molecule has 3 nitrogen and oxygen atoms in total. The number of rotatable bonds is 3. The van der Waals surface area contributed by atoms with Gasteiger partial charge < -0.3 is 5.32 Å². The van der Waals surface area contributed by atoms with Crippen LogP contribution in [0.3, 0.4) is 0 Å². The first-order valence-electron chi connectivity index (χ1n) is 6.85. The van der Waals surface area contributed by atoms with Gasteiger partial charge in [-0.15, -0.1) is 12.4 Å². The lowest BCUT2D eigenvalue weighted by Gasteiger charge is -2.10. The molecule has 0 amide bonds. The Labute approximate surface area is 144 Å². The van der Waals surface area contributed by atoms with Crippen molar-refractivity contribution < 1.29 is 4.79 Å². The fraction of sp³-hybridized carbons (Fsp3) is 0.176. The number of carbonyl (C=O) groups is 1. The predicted octanol–water partition coefficient (Wildman–Crippen LogP) is 3.76. The largest absolute Gasteiger partial charge is 0.368 e. The van der Waals surface area contributed by atoms with Crippen LogP contribution in [-0.4, -0.2) is 24.7 Å². The highest BCUT2D eigenvalue weighted by Gasteiger charge is 2.18. The predicted molar refractivity (Wildman–Crippen MR) is 95.4 cm³/mol.